The fraction of sp³-hybridized carbons (Fsp3) is 0.714. The summed E-state index contributed by atoms with van der Waals surface area (Å²) in [5.74, 6) is -1.18. The summed E-state index contributed by atoms with van der Waals surface area (Å²) in [6, 6.07) is 6.60. The van der Waals surface area contributed by atoms with Crippen LogP contribution in [0.1, 0.15) is 110 Å². The molecule has 0 spiro atoms. The summed E-state index contributed by atoms with van der Waals surface area (Å²) in [5, 5.41) is 0. The first-order valence-corrected chi connectivity index (χ1v) is 18.1. The van der Waals surface area contributed by atoms with Gasteiger partial charge < -0.3 is 14.2 Å². The second-order valence-electron chi connectivity index (χ2n) is 12.7. The Bertz CT molecular complexity index is 1150. The van der Waals surface area contributed by atoms with Crippen molar-refractivity contribution >= 4 is 21.9 Å². The average Bonchev–Trinajstić information content (AvgIpc) is 3.56. The first-order valence-electron chi connectivity index (χ1n) is 16.7. The predicted octanol–water partition coefficient (Wildman–Crippen LogP) is 7.47. The van der Waals surface area contributed by atoms with Gasteiger partial charge in [-0.15, -0.1) is 0 Å². The minimum atomic E-state index is -3.94. The fourth-order valence-corrected chi connectivity index (χ4v) is 7.31. The highest BCUT2D eigenvalue weighted by Gasteiger charge is 2.44. The van der Waals surface area contributed by atoms with Gasteiger partial charge in [0, 0.05) is 31.6 Å². The van der Waals surface area contributed by atoms with E-state index in [0.29, 0.717) is 51.7 Å². The first-order chi connectivity index (χ1) is 21.0. The number of Topliss-reactive ketones (excluding diaryl/α,β-unsaturated/α-hetero) is 1. The second-order valence-corrected chi connectivity index (χ2v) is 14.3. The summed E-state index contributed by atoms with van der Waals surface area (Å²) in [6.07, 6.45) is 14.6. The van der Waals surface area contributed by atoms with Crippen LogP contribution in [0.15, 0.2) is 41.3 Å². The van der Waals surface area contributed by atoms with Crippen LogP contribution in [0, 0.1) is 24.7 Å². The molecule has 0 radical (unpaired) electrons. The van der Waals surface area contributed by atoms with Gasteiger partial charge in [-0.1, -0.05) is 62.5 Å². The van der Waals surface area contributed by atoms with Crippen LogP contribution in [0.25, 0.3) is 0 Å². The highest BCUT2D eigenvalue weighted by Crippen LogP contribution is 2.43. The normalized spacial score (nSPS) is 21.9. The smallest absolute Gasteiger partial charge is 0.306 e. The minimum Gasteiger partial charge on any atom is -0.463 e. The van der Waals surface area contributed by atoms with E-state index in [2.05, 4.69) is 6.92 Å². The third-order valence-electron chi connectivity index (χ3n) is 8.76. The van der Waals surface area contributed by atoms with E-state index in [1.165, 1.54) is 19.3 Å². The summed E-state index contributed by atoms with van der Waals surface area (Å²) >= 11 is 0. The summed E-state index contributed by atoms with van der Waals surface area (Å²) in [7, 11) is -3.94. The van der Waals surface area contributed by atoms with E-state index in [-0.39, 0.29) is 47.1 Å². The largest absolute Gasteiger partial charge is 0.463 e. The molecule has 0 aromatic heterocycles. The molecule has 1 aliphatic heterocycles. The molecule has 1 aliphatic carbocycles. The van der Waals surface area contributed by atoms with Gasteiger partial charge in [-0.2, -0.15) is 8.42 Å². The predicted molar refractivity (Wildman–Crippen MR) is 170 cm³/mol. The van der Waals surface area contributed by atoms with Crippen LogP contribution in [-0.4, -0.2) is 51.9 Å². The molecule has 1 saturated carbocycles. The Balaban J connectivity index is 1.65. The number of carbonyl (C=O) groups excluding carboxylic acids is 2. The van der Waals surface area contributed by atoms with E-state index in [9.17, 15) is 18.0 Å². The number of ketones is 1. The zero-order valence-electron chi connectivity index (χ0n) is 27.3. The van der Waals surface area contributed by atoms with Crippen molar-refractivity contribution in [3.05, 3.63) is 42.0 Å². The number of ether oxygens (including phenoxy) is 3. The van der Waals surface area contributed by atoms with Gasteiger partial charge in [0.05, 0.1) is 30.8 Å². The number of benzene rings is 1. The minimum absolute atomic E-state index is 0.0312. The van der Waals surface area contributed by atoms with E-state index in [1.54, 1.807) is 24.3 Å². The van der Waals surface area contributed by atoms with Gasteiger partial charge in [0.1, 0.15) is 5.78 Å². The van der Waals surface area contributed by atoms with Crippen LogP contribution < -0.4 is 0 Å². The van der Waals surface area contributed by atoms with Gasteiger partial charge in [-0.3, -0.25) is 13.8 Å². The van der Waals surface area contributed by atoms with Crippen molar-refractivity contribution in [1.82, 2.24) is 0 Å². The van der Waals surface area contributed by atoms with Crippen LogP contribution >= 0.6 is 0 Å². The van der Waals surface area contributed by atoms with Gasteiger partial charge in [0.25, 0.3) is 10.1 Å². The summed E-state index contributed by atoms with van der Waals surface area (Å²) in [6.45, 7) is 8.88. The van der Waals surface area contributed by atoms with E-state index in [4.69, 9.17) is 18.4 Å². The van der Waals surface area contributed by atoms with E-state index >= 15 is 0 Å². The van der Waals surface area contributed by atoms with Crippen molar-refractivity contribution in [2.75, 3.05) is 19.8 Å². The number of hydrogen-bond donors (Lipinski definition) is 0. The number of aryl methyl sites for hydroxylation is 1. The van der Waals surface area contributed by atoms with Gasteiger partial charge in [0.15, 0.2) is 5.79 Å². The zero-order chi connectivity index (χ0) is 32.0. The third-order valence-corrected chi connectivity index (χ3v) is 10.1. The lowest BCUT2D eigenvalue weighted by Crippen LogP contribution is -2.32. The lowest BCUT2D eigenvalue weighted by molar-refractivity contribution is -0.171. The molecule has 1 aromatic rings. The van der Waals surface area contributed by atoms with Crippen molar-refractivity contribution < 1.29 is 36.4 Å². The van der Waals surface area contributed by atoms with Crippen LogP contribution in [0.4, 0.5) is 0 Å². The lowest BCUT2D eigenvalue weighted by Gasteiger charge is -2.31. The van der Waals surface area contributed by atoms with E-state index in [0.717, 1.165) is 31.2 Å². The van der Waals surface area contributed by atoms with Gasteiger partial charge in [-0.05, 0) is 76.8 Å². The Morgan fingerprint density at radius 3 is 2.41 bits per heavy atom. The lowest BCUT2D eigenvalue weighted by atomic mass is 9.82. The summed E-state index contributed by atoms with van der Waals surface area (Å²) < 4.78 is 49.0. The molecule has 248 valence electrons. The highest BCUT2D eigenvalue weighted by molar-refractivity contribution is 7.86. The summed E-state index contributed by atoms with van der Waals surface area (Å²) in [5.41, 5.74) is 0.965. The molecule has 2 fully saturated rings. The Morgan fingerprint density at radius 2 is 1.73 bits per heavy atom. The number of rotatable bonds is 20. The van der Waals surface area contributed by atoms with Crippen LogP contribution in [-0.2, 0) is 38.1 Å². The Hall–Kier alpha value is -2.07. The van der Waals surface area contributed by atoms with Crippen molar-refractivity contribution in [1.29, 1.82) is 0 Å². The zero-order valence-corrected chi connectivity index (χ0v) is 28.1. The molecule has 3 atom stereocenters. The van der Waals surface area contributed by atoms with Crippen molar-refractivity contribution in [2.45, 2.75) is 128 Å². The van der Waals surface area contributed by atoms with Crippen LogP contribution in [0.5, 0.6) is 0 Å². The maximum Gasteiger partial charge on any atom is 0.306 e. The molecule has 9 heteroatoms. The van der Waals surface area contributed by atoms with Crippen LogP contribution in [0.3, 0.4) is 0 Å². The van der Waals surface area contributed by atoms with Gasteiger partial charge in [0.2, 0.25) is 0 Å². The first kappa shape index (κ1) is 36.4. The number of carbonyl (C=O) groups is 2. The molecule has 44 heavy (non-hydrogen) atoms. The molecule has 0 amide bonds. The molecule has 1 saturated heterocycles. The Kier molecular flexibility index (Phi) is 15.0. The molecular weight excluding hydrogens is 580 g/mol. The molecule has 3 unspecified atom stereocenters. The molecule has 3 rings (SSSR count). The third kappa shape index (κ3) is 11.7. The van der Waals surface area contributed by atoms with Crippen molar-refractivity contribution in [2.24, 2.45) is 17.8 Å². The molecule has 1 aromatic carbocycles. The second kappa shape index (κ2) is 18.2. The van der Waals surface area contributed by atoms with E-state index in [1.807, 2.05) is 32.9 Å². The number of esters is 1. The number of hydrogen-bond acceptors (Lipinski definition) is 8. The monoisotopic (exact) mass is 634 g/mol. The molecular formula is C35H54O8S. The Labute approximate surface area is 265 Å². The SMILES string of the molecule is CCCCCCCC1(CCC2C(COS(=O)(=O)c3ccc(C)cc3)CC(=O)C2C/C=C/CCCC(=O)OC(C)C)OCCO1. The molecule has 1 heterocycles. The van der Waals surface area contributed by atoms with Crippen molar-refractivity contribution in [3.8, 4) is 0 Å². The topological polar surface area (TPSA) is 105 Å². The van der Waals surface area contributed by atoms with Crippen molar-refractivity contribution in [3.63, 3.8) is 0 Å². The quantitative estimate of drug-likeness (QED) is 0.0630. The molecule has 0 N–H and O–H groups in total. The molecule has 8 nitrogen and oxygen atoms in total. The molecule has 0 bridgehead atoms. The highest BCUT2D eigenvalue weighted by atomic mass is 32.2. The number of allylic oxidation sites excluding steroid dienone is 2. The fourth-order valence-electron chi connectivity index (χ4n) is 6.35. The van der Waals surface area contributed by atoms with E-state index < -0.39 is 15.9 Å². The Morgan fingerprint density at radius 1 is 1.02 bits per heavy atom. The maximum absolute atomic E-state index is 13.3. The van der Waals surface area contributed by atoms with Gasteiger partial charge in [-0.25, -0.2) is 0 Å². The number of unbranched alkanes of at least 4 members (excludes halogenated alkanes) is 5. The standard InChI is InChI=1S/C35H54O8S/c1-5-6-7-10-13-21-35(40-23-24-41-35)22-20-31-29(26-42-44(38,39)30-18-16-28(4)17-19-30)25-33(36)32(31)14-11-8-9-12-15-34(37)43-27(2)3/h8,11,16-19,27,29,31-32H,5-7,9-10,12-15,20-26H2,1-4H3/b11-8+. The molecule has 2 aliphatic rings. The summed E-state index contributed by atoms with van der Waals surface area (Å²) in [4.78, 5) is 25.3. The van der Waals surface area contributed by atoms with Gasteiger partial charge >= 0.3 is 5.97 Å². The average molecular weight is 635 g/mol. The van der Waals surface area contributed by atoms with Crippen LogP contribution in [0.2, 0.25) is 0 Å². The maximum atomic E-state index is 13.3.